The molecule has 1 atom stereocenters. The molecule has 5 nitrogen and oxygen atoms in total. The maximum Gasteiger partial charge on any atom is 0.220 e. The zero-order valence-electron chi connectivity index (χ0n) is 18.4. The molecule has 2 N–H and O–H groups in total. The molecule has 30 heavy (non-hydrogen) atoms. The number of rotatable bonds is 10. The fourth-order valence-electron chi connectivity index (χ4n) is 3.92. The summed E-state index contributed by atoms with van der Waals surface area (Å²) in [4.78, 5) is 16.2. The minimum Gasteiger partial charge on any atom is -0.497 e. The summed E-state index contributed by atoms with van der Waals surface area (Å²) in [5.74, 6) is 1.37. The van der Waals surface area contributed by atoms with Crippen LogP contribution in [0.2, 0.25) is 0 Å². The molecule has 1 unspecified atom stereocenters. The molecule has 2 aromatic carbocycles. The Morgan fingerprint density at radius 3 is 2.47 bits per heavy atom. The van der Waals surface area contributed by atoms with Crippen LogP contribution in [0.4, 0.5) is 0 Å². The molecule has 0 radical (unpaired) electrons. The third-order valence-corrected chi connectivity index (χ3v) is 5.61. The number of ether oxygens (including phenoxy) is 2. The molecule has 0 aliphatic carbocycles. The lowest BCUT2D eigenvalue weighted by atomic mass is 9.87. The van der Waals surface area contributed by atoms with E-state index in [-0.39, 0.29) is 11.8 Å². The third-order valence-electron chi connectivity index (χ3n) is 5.61. The topological polar surface area (TPSA) is 63.4 Å². The van der Waals surface area contributed by atoms with Crippen molar-refractivity contribution >= 4 is 16.8 Å². The van der Waals surface area contributed by atoms with Crippen LogP contribution in [0.5, 0.6) is 11.5 Å². The molecule has 1 amide bonds. The van der Waals surface area contributed by atoms with Crippen LogP contribution in [-0.4, -0.2) is 31.7 Å². The van der Waals surface area contributed by atoms with Gasteiger partial charge < -0.3 is 19.8 Å². The van der Waals surface area contributed by atoms with E-state index in [9.17, 15) is 4.79 Å². The number of methoxy groups -OCH3 is 2. The zero-order valence-corrected chi connectivity index (χ0v) is 18.4. The molecule has 160 valence electrons. The Morgan fingerprint density at radius 1 is 1.10 bits per heavy atom. The average Bonchev–Trinajstić information content (AvgIpc) is 3.21. The highest BCUT2D eigenvalue weighted by atomic mass is 16.5. The van der Waals surface area contributed by atoms with Gasteiger partial charge in [-0.15, -0.1) is 0 Å². The number of carbonyl (C=O) groups is 1. The Morgan fingerprint density at radius 2 is 1.83 bits per heavy atom. The van der Waals surface area contributed by atoms with Gasteiger partial charge in [0.05, 0.1) is 14.2 Å². The van der Waals surface area contributed by atoms with E-state index in [0.717, 1.165) is 52.8 Å². The van der Waals surface area contributed by atoms with Crippen LogP contribution in [0.25, 0.3) is 10.9 Å². The van der Waals surface area contributed by atoms with Gasteiger partial charge >= 0.3 is 0 Å². The van der Waals surface area contributed by atoms with Gasteiger partial charge in [0.2, 0.25) is 5.91 Å². The highest BCUT2D eigenvalue weighted by Gasteiger charge is 2.23. The second-order valence-electron chi connectivity index (χ2n) is 7.54. The lowest BCUT2D eigenvalue weighted by Gasteiger charge is -2.19. The van der Waals surface area contributed by atoms with Crippen molar-refractivity contribution in [2.24, 2.45) is 0 Å². The normalized spacial score (nSPS) is 12.0. The van der Waals surface area contributed by atoms with E-state index in [0.29, 0.717) is 13.0 Å². The molecule has 0 bridgehead atoms. The van der Waals surface area contributed by atoms with Crippen molar-refractivity contribution in [1.82, 2.24) is 10.3 Å². The maximum absolute atomic E-state index is 12.8. The monoisotopic (exact) mass is 408 g/mol. The van der Waals surface area contributed by atoms with Gasteiger partial charge in [0, 0.05) is 42.0 Å². The predicted molar refractivity (Wildman–Crippen MR) is 122 cm³/mol. The molecule has 0 aliphatic heterocycles. The Hall–Kier alpha value is -2.95. The molecule has 0 spiro atoms. The number of benzene rings is 2. The smallest absolute Gasteiger partial charge is 0.220 e. The fraction of sp³-hybridized carbons (Fsp3) is 0.400. The molecular formula is C25H32N2O3. The summed E-state index contributed by atoms with van der Waals surface area (Å²) >= 11 is 0. The van der Waals surface area contributed by atoms with Gasteiger partial charge in [0.1, 0.15) is 11.5 Å². The summed E-state index contributed by atoms with van der Waals surface area (Å²) in [6, 6.07) is 12.2. The first kappa shape index (κ1) is 21.8. The summed E-state index contributed by atoms with van der Waals surface area (Å²) in [5.41, 5.74) is 4.52. The molecule has 1 aromatic heterocycles. The first-order valence-corrected chi connectivity index (χ1v) is 10.7. The van der Waals surface area contributed by atoms with Crippen molar-refractivity contribution in [3.63, 3.8) is 0 Å². The Bertz CT molecular complexity index is 971. The Labute approximate surface area is 178 Å². The predicted octanol–water partition coefficient (Wildman–Crippen LogP) is 5.19. The maximum atomic E-state index is 12.8. The second-order valence-corrected chi connectivity index (χ2v) is 7.54. The van der Waals surface area contributed by atoms with E-state index in [1.807, 2.05) is 24.4 Å². The number of fused-ring (bicyclic) bond motifs is 1. The summed E-state index contributed by atoms with van der Waals surface area (Å²) in [5, 5.41) is 4.22. The van der Waals surface area contributed by atoms with E-state index in [2.05, 4.69) is 42.3 Å². The zero-order chi connectivity index (χ0) is 21.5. The van der Waals surface area contributed by atoms with Crippen LogP contribution in [0.15, 0.2) is 42.6 Å². The largest absolute Gasteiger partial charge is 0.497 e. The van der Waals surface area contributed by atoms with Gasteiger partial charge in [0.15, 0.2) is 0 Å². The van der Waals surface area contributed by atoms with E-state index in [1.54, 1.807) is 14.2 Å². The number of nitrogens with one attached hydrogen (secondary N) is 2. The SMILES string of the molecule is CCCCNC(=O)CC(c1cc(OC)cc(OC)c1)c1c[nH]c2c(CC)cccc12. The number of hydrogen-bond donors (Lipinski definition) is 2. The number of aromatic nitrogens is 1. The van der Waals surface area contributed by atoms with E-state index in [1.165, 1.54) is 5.56 Å². The van der Waals surface area contributed by atoms with Crippen LogP contribution in [0, 0.1) is 0 Å². The molecule has 0 saturated heterocycles. The lowest BCUT2D eigenvalue weighted by molar-refractivity contribution is -0.121. The van der Waals surface area contributed by atoms with Crippen molar-refractivity contribution < 1.29 is 14.3 Å². The molecule has 0 fully saturated rings. The molecular weight excluding hydrogens is 376 g/mol. The van der Waals surface area contributed by atoms with E-state index < -0.39 is 0 Å². The first-order valence-electron chi connectivity index (χ1n) is 10.7. The average molecular weight is 409 g/mol. The summed E-state index contributed by atoms with van der Waals surface area (Å²) in [7, 11) is 3.29. The van der Waals surface area contributed by atoms with Crippen molar-refractivity contribution in [3.8, 4) is 11.5 Å². The van der Waals surface area contributed by atoms with Crippen LogP contribution in [0.1, 0.15) is 55.7 Å². The van der Waals surface area contributed by atoms with Crippen molar-refractivity contribution in [2.45, 2.75) is 45.4 Å². The third kappa shape index (κ3) is 4.78. The van der Waals surface area contributed by atoms with Gasteiger partial charge in [-0.1, -0.05) is 38.5 Å². The van der Waals surface area contributed by atoms with Gasteiger partial charge in [-0.25, -0.2) is 0 Å². The number of amides is 1. The number of H-pyrrole nitrogens is 1. The molecule has 0 saturated carbocycles. The summed E-state index contributed by atoms with van der Waals surface area (Å²) in [6.07, 6.45) is 5.39. The quantitative estimate of drug-likeness (QED) is 0.454. The lowest BCUT2D eigenvalue weighted by Crippen LogP contribution is -2.26. The minimum atomic E-state index is -0.114. The number of carbonyl (C=O) groups excluding carboxylic acids is 1. The molecule has 1 heterocycles. The fourth-order valence-corrected chi connectivity index (χ4v) is 3.92. The molecule has 3 aromatic rings. The Balaban J connectivity index is 2.06. The number of aryl methyl sites for hydroxylation is 1. The molecule has 3 rings (SSSR count). The van der Waals surface area contributed by atoms with Gasteiger partial charge in [-0.2, -0.15) is 0 Å². The summed E-state index contributed by atoms with van der Waals surface area (Å²) < 4.78 is 11.0. The number of hydrogen-bond acceptors (Lipinski definition) is 3. The van der Waals surface area contributed by atoms with Crippen LogP contribution >= 0.6 is 0 Å². The Kier molecular flexibility index (Phi) is 7.39. The van der Waals surface area contributed by atoms with Crippen molar-refractivity contribution in [3.05, 3.63) is 59.3 Å². The van der Waals surface area contributed by atoms with Crippen LogP contribution < -0.4 is 14.8 Å². The standard InChI is InChI=1S/C25H32N2O3/c1-5-7-11-26-24(28)15-22(18-12-19(29-3)14-20(13-18)30-4)23-16-27-25-17(6-2)9-8-10-21(23)25/h8-10,12-14,16,22,27H,5-7,11,15H2,1-4H3,(H,26,28). The highest BCUT2D eigenvalue weighted by molar-refractivity contribution is 5.88. The first-order chi connectivity index (χ1) is 14.6. The number of aromatic amines is 1. The van der Waals surface area contributed by atoms with Gasteiger partial charge in [0.25, 0.3) is 0 Å². The van der Waals surface area contributed by atoms with Crippen LogP contribution in [0.3, 0.4) is 0 Å². The number of unbranched alkanes of at least 4 members (excludes halogenated alkanes) is 1. The van der Waals surface area contributed by atoms with Gasteiger partial charge in [-0.05, 0) is 41.7 Å². The van der Waals surface area contributed by atoms with Crippen LogP contribution in [-0.2, 0) is 11.2 Å². The van der Waals surface area contributed by atoms with Gasteiger partial charge in [-0.3, -0.25) is 4.79 Å². The molecule has 0 aliphatic rings. The minimum absolute atomic E-state index is 0.0521. The van der Waals surface area contributed by atoms with E-state index >= 15 is 0 Å². The summed E-state index contributed by atoms with van der Waals surface area (Å²) in [6.45, 7) is 4.98. The molecule has 5 heteroatoms. The number of para-hydroxylation sites is 1. The van der Waals surface area contributed by atoms with Crippen molar-refractivity contribution in [1.29, 1.82) is 0 Å². The highest BCUT2D eigenvalue weighted by Crippen LogP contribution is 2.37. The van der Waals surface area contributed by atoms with E-state index in [4.69, 9.17) is 9.47 Å². The second kappa shape index (κ2) is 10.2. The van der Waals surface area contributed by atoms with Crippen molar-refractivity contribution in [2.75, 3.05) is 20.8 Å².